The Bertz CT molecular complexity index is 597. The molecule has 0 saturated carbocycles. The third-order valence-corrected chi connectivity index (χ3v) is 3.88. The van der Waals surface area contributed by atoms with Gasteiger partial charge in [-0.05, 0) is 35.6 Å². The number of allylic oxidation sites excluding steroid dienone is 1. The molecule has 0 aliphatic carbocycles. The monoisotopic (exact) mass is 282 g/mol. The van der Waals surface area contributed by atoms with Crippen LogP contribution in [-0.2, 0) is 4.79 Å². The predicted octanol–water partition coefficient (Wildman–Crippen LogP) is 4.93. The molecule has 2 rings (SSSR count). The fourth-order valence-electron chi connectivity index (χ4n) is 2.00. The Morgan fingerprint density at radius 2 is 1.70 bits per heavy atom. The van der Waals surface area contributed by atoms with Gasteiger partial charge in [-0.15, -0.1) is 11.8 Å². The van der Waals surface area contributed by atoms with Gasteiger partial charge in [0.15, 0.2) is 5.78 Å². The predicted molar refractivity (Wildman–Crippen MR) is 87.8 cm³/mol. The zero-order chi connectivity index (χ0) is 14.4. The zero-order valence-electron chi connectivity index (χ0n) is 11.8. The Balaban J connectivity index is 2.42. The second-order valence-electron chi connectivity index (χ2n) is 4.47. The van der Waals surface area contributed by atoms with Crippen molar-refractivity contribution in [3.63, 3.8) is 0 Å². The second kappa shape index (κ2) is 7.11. The van der Waals surface area contributed by atoms with Gasteiger partial charge in [0.1, 0.15) is 0 Å². The van der Waals surface area contributed by atoms with Crippen LogP contribution in [0.5, 0.6) is 0 Å². The lowest BCUT2D eigenvalue weighted by Gasteiger charge is -2.07. The maximum Gasteiger partial charge on any atom is 0.163 e. The number of thioether (sulfide) groups is 1. The van der Waals surface area contributed by atoms with Crippen LogP contribution >= 0.6 is 11.8 Å². The summed E-state index contributed by atoms with van der Waals surface area (Å²) in [5.41, 5.74) is 2.82. The first-order valence-corrected chi connectivity index (χ1v) is 7.91. The van der Waals surface area contributed by atoms with Gasteiger partial charge in [0, 0.05) is 16.9 Å². The molecule has 2 aromatic carbocycles. The lowest BCUT2D eigenvalue weighted by molar-refractivity contribution is -0.113. The summed E-state index contributed by atoms with van der Waals surface area (Å²) in [5.74, 6) is 0.172. The lowest BCUT2D eigenvalue weighted by atomic mass is 9.98. The molecule has 0 fully saturated rings. The van der Waals surface area contributed by atoms with Crippen molar-refractivity contribution in [1.82, 2.24) is 0 Å². The molecule has 0 amide bonds. The average molecular weight is 282 g/mol. The van der Waals surface area contributed by atoms with E-state index in [0.717, 1.165) is 16.7 Å². The van der Waals surface area contributed by atoms with Crippen LogP contribution < -0.4 is 0 Å². The molecule has 2 aromatic rings. The molecule has 0 bridgehead atoms. The second-order valence-corrected chi connectivity index (χ2v) is 5.35. The van der Waals surface area contributed by atoms with Crippen molar-refractivity contribution in [3.8, 4) is 0 Å². The van der Waals surface area contributed by atoms with Crippen LogP contribution in [0.3, 0.4) is 0 Å². The molecule has 0 N–H and O–H groups in total. The van der Waals surface area contributed by atoms with Crippen LogP contribution in [0.1, 0.15) is 24.5 Å². The van der Waals surface area contributed by atoms with Crippen molar-refractivity contribution >= 4 is 29.2 Å². The molecule has 1 nitrogen and oxygen atoms in total. The molecule has 0 saturated heterocycles. The van der Waals surface area contributed by atoms with E-state index < -0.39 is 0 Å². The summed E-state index contributed by atoms with van der Waals surface area (Å²) in [7, 11) is 0. The molecular formula is C18H18OS. The van der Waals surface area contributed by atoms with Crippen LogP contribution in [0.15, 0.2) is 59.5 Å². The van der Waals surface area contributed by atoms with E-state index in [-0.39, 0.29) is 5.78 Å². The number of carbonyl (C=O) groups is 1. The molecule has 0 unspecified atom stereocenters. The van der Waals surface area contributed by atoms with Gasteiger partial charge >= 0.3 is 0 Å². The van der Waals surface area contributed by atoms with Crippen LogP contribution in [0.25, 0.3) is 11.6 Å². The quantitative estimate of drug-likeness (QED) is 0.439. The minimum absolute atomic E-state index is 0.172. The van der Waals surface area contributed by atoms with Gasteiger partial charge in [-0.1, -0.05) is 49.4 Å². The number of carbonyl (C=O) groups excluding carboxylic acids is 1. The molecule has 20 heavy (non-hydrogen) atoms. The molecule has 2 heteroatoms. The first-order valence-electron chi connectivity index (χ1n) is 6.69. The van der Waals surface area contributed by atoms with Crippen LogP contribution in [-0.4, -0.2) is 12.0 Å². The van der Waals surface area contributed by atoms with Gasteiger partial charge in [0.05, 0.1) is 0 Å². The van der Waals surface area contributed by atoms with Gasteiger partial charge < -0.3 is 0 Å². The molecule has 0 radical (unpaired) electrons. The van der Waals surface area contributed by atoms with Crippen molar-refractivity contribution in [3.05, 3.63) is 65.7 Å². The van der Waals surface area contributed by atoms with Gasteiger partial charge in [-0.25, -0.2) is 0 Å². The first-order chi connectivity index (χ1) is 9.74. The Kier molecular flexibility index (Phi) is 5.19. The van der Waals surface area contributed by atoms with Gasteiger partial charge in [0.25, 0.3) is 0 Å². The number of rotatable bonds is 5. The molecule has 102 valence electrons. The maximum atomic E-state index is 12.2. The highest BCUT2D eigenvalue weighted by Crippen LogP contribution is 2.23. The maximum absolute atomic E-state index is 12.2. The van der Waals surface area contributed by atoms with E-state index in [0.29, 0.717) is 6.42 Å². The van der Waals surface area contributed by atoms with E-state index in [4.69, 9.17) is 0 Å². The highest BCUT2D eigenvalue weighted by molar-refractivity contribution is 7.98. The Hall–Kier alpha value is -1.80. The van der Waals surface area contributed by atoms with Gasteiger partial charge in [-0.2, -0.15) is 0 Å². The SMILES string of the molecule is CCC(=O)/C(=C\c1ccccc1)c1ccc(SC)cc1. The highest BCUT2D eigenvalue weighted by Gasteiger charge is 2.10. The first kappa shape index (κ1) is 14.6. The van der Waals surface area contributed by atoms with E-state index >= 15 is 0 Å². The molecule has 0 aliphatic rings. The van der Waals surface area contributed by atoms with E-state index in [1.54, 1.807) is 11.8 Å². The summed E-state index contributed by atoms with van der Waals surface area (Å²) in [6.45, 7) is 1.90. The van der Waals surface area contributed by atoms with Crippen molar-refractivity contribution in [2.24, 2.45) is 0 Å². The van der Waals surface area contributed by atoms with E-state index in [9.17, 15) is 4.79 Å². The Labute approximate surface area is 124 Å². The van der Waals surface area contributed by atoms with E-state index in [2.05, 4.69) is 12.1 Å². The van der Waals surface area contributed by atoms with Gasteiger partial charge in [0.2, 0.25) is 0 Å². The lowest BCUT2D eigenvalue weighted by Crippen LogP contribution is -1.99. The Morgan fingerprint density at radius 3 is 2.25 bits per heavy atom. The Morgan fingerprint density at radius 1 is 1.05 bits per heavy atom. The summed E-state index contributed by atoms with van der Waals surface area (Å²) in [5, 5.41) is 0. The highest BCUT2D eigenvalue weighted by atomic mass is 32.2. The van der Waals surface area contributed by atoms with Crippen LogP contribution in [0.4, 0.5) is 0 Å². The third kappa shape index (κ3) is 3.61. The normalized spacial score (nSPS) is 11.4. The average Bonchev–Trinajstić information content (AvgIpc) is 2.53. The smallest absolute Gasteiger partial charge is 0.163 e. The number of ketones is 1. The molecular weight excluding hydrogens is 264 g/mol. The van der Waals surface area contributed by atoms with Crippen LogP contribution in [0, 0.1) is 0 Å². The summed E-state index contributed by atoms with van der Waals surface area (Å²) < 4.78 is 0. The van der Waals surface area contributed by atoms with Gasteiger partial charge in [-0.3, -0.25) is 4.79 Å². The molecule has 0 aromatic heterocycles. The van der Waals surface area contributed by atoms with Crippen molar-refractivity contribution in [2.45, 2.75) is 18.2 Å². The summed E-state index contributed by atoms with van der Waals surface area (Å²) >= 11 is 1.70. The van der Waals surface area contributed by atoms with Crippen molar-refractivity contribution in [1.29, 1.82) is 0 Å². The van der Waals surface area contributed by atoms with Crippen LogP contribution in [0.2, 0.25) is 0 Å². The van der Waals surface area contributed by atoms with Crippen molar-refractivity contribution < 1.29 is 4.79 Å². The fraction of sp³-hybridized carbons (Fsp3) is 0.167. The number of Topliss-reactive ketones (excluding diaryl/α,β-unsaturated/α-hetero) is 1. The third-order valence-electron chi connectivity index (χ3n) is 3.13. The molecule has 0 heterocycles. The van der Waals surface area contributed by atoms with E-state index in [1.807, 2.05) is 61.7 Å². The van der Waals surface area contributed by atoms with E-state index in [1.165, 1.54) is 4.90 Å². The number of benzene rings is 2. The molecule has 0 atom stereocenters. The largest absolute Gasteiger partial charge is 0.294 e. The minimum atomic E-state index is 0.172. The number of hydrogen-bond acceptors (Lipinski definition) is 2. The number of hydrogen-bond donors (Lipinski definition) is 0. The van der Waals surface area contributed by atoms with Crippen molar-refractivity contribution in [2.75, 3.05) is 6.26 Å². The molecule has 0 aliphatic heterocycles. The topological polar surface area (TPSA) is 17.1 Å². The fourth-order valence-corrected chi connectivity index (χ4v) is 2.41. The molecule has 0 spiro atoms. The zero-order valence-corrected chi connectivity index (χ0v) is 12.6. The summed E-state index contributed by atoms with van der Waals surface area (Å²) in [4.78, 5) is 13.4. The standard InChI is InChI=1S/C18H18OS/c1-3-18(19)17(13-14-7-5-4-6-8-14)15-9-11-16(20-2)12-10-15/h4-13H,3H2,1-2H3/b17-13-. The minimum Gasteiger partial charge on any atom is -0.294 e. The summed E-state index contributed by atoms with van der Waals surface area (Å²) in [6.07, 6.45) is 4.54. The summed E-state index contributed by atoms with van der Waals surface area (Å²) in [6, 6.07) is 18.1.